The summed E-state index contributed by atoms with van der Waals surface area (Å²) in [6.45, 7) is 7.25. The van der Waals surface area contributed by atoms with Gasteiger partial charge < -0.3 is 20.3 Å². The van der Waals surface area contributed by atoms with E-state index in [0.717, 1.165) is 63.2 Å². The number of nitrogens with zero attached hydrogens (tertiary/aromatic N) is 5. The third-order valence-electron chi connectivity index (χ3n) is 5.78. The lowest BCUT2D eigenvalue weighted by Crippen LogP contribution is -2.47. The monoisotopic (exact) mass is 539 g/mol. The lowest BCUT2D eigenvalue weighted by Gasteiger charge is -2.25. The summed E-state index contributed by atoms with van der Waals surface area (Å²) in [6.07, 6.45) is 3.13. The van der Waals surface area contributed by atoms with Crippen molar-refractivity contribution in [3.05, 3.63) is 42.0 Å². The molecule has 2 aliphatic heterocycles. The quantitative estimate of drug-likeness (QED) is 0.320. The maximum atomic E-state index is 5.16. The first-order chi connectivity index (χ1) is 14.7. The molecule has 0 aliphatic carbocycles. The van der Waals surface area contributed by atoms with E-state index in [4.69, 9.17) is 9.73 Å². The number of nitrogens with one attached hydrogen (secondary N) is 2. The maximum Gasteiger partial charge on any atom is 0.191 e. The number of aliphatic imine (C=N–C) groups is 1. The summed E-state index contributed by atoms with van der Waals surface area (Å²) >= 11 is 0. The first kappa shape index (κ1) is 23.8. The zero-order valence-electron chi connectivity index (χ0n) is 18.5. The SMILES string of the molecule is CCNC(=NCC1CCN(c2ccccc2)C1)NC1CCc2nc(COC)nn2C1.I. The minimum absolute atomic E-state index is 0. The molecule has 2 aromatic rings. The third kappa shape index (κ3) is 6.31. The van der Waals surface area contributed by atoms with Gasteiger partial charge in [0.2, 0.25) is 0 Å². The Balaban J connectivity index is 0.00000272. The third-order valence-corrected chi connectivity index (χ3v) is 5.78. The lowest BCUT2D eigenvalue weighted by atomic mass is 10.1. The van der Waals surface area contributed by atoms with Crippen LogP contribution in [0.1, 0.15) is 31.4 Å². The zero-order chi connectivity index (χ0) is 20.8. The fourth-order valence-corrected chi connectivity index (χ4v) is 4.26. The Hall–Kier alpha value is -1.88. The number of aryl methyl sites for hydroxylation is 1. The first-order valence-corrected chi connectivity index (χ1v) is 11.0. The number of halogens is 1. The van der Waals surface area contributed by atoms with Crippen LogP contribution in [0, 0.1) is 5.92 Å². The molecule has 2 atom stereocenters. The van der Waals surface area contributed by atoms with Gasteiger partial charge in [-0.3, -0.25) is 4.99 Å². The molecule has 2 aliphatic rings. The molecule has 1 saturated heterocycles. The van der Waals surface area contributed by atoms with Gasteiger partial charge in [0.1, 0.15) is 12.4 Å². The number of benzene rings is 1. The normalized spacial score (nSPS) is 20.8. The van der Waals surface area contributed by atoms with Crippen LogP contribution in [0.4, 0.5) is 5.69 Å². The van der Waals surface area contributed by atoms with Crippen LogP contribution in [0.25, 0.3) is 0 Å². The molecule has 31 heavy (non-hydrogen) atoms. The molecule has 2 unspecified atom stereocenters. The molecule has 4 rings (SSSR count). The molecule has 8 nitrogen and oxygen atoms in total. The number of anilines is 1. The van der Waals surface area contributed by atoms with E-state index in [1.807, 2.05) is 4.68 Å². The second kappa shape index (κ2) is 11.7. The van der Waals surface area contributed by atoms with Crippen molar-refractivity contribution in [2.45, 2.75) is 45.4 Å². The van der Waals surface area contributed by atoms with Crippen LogP contribution in [0.15, 0.2) is 35.3 Å². The zero-order valence-corrected chi connectivity index (χ0v) is 20.8. The molecular formula is C22H34IN7O. The molecule has 9 heteroatoms. The molecule has 170 valence electrons. The van der Waals surface area contributed by atoms with Crippen LogP contribution in [-0.2, 0) is 24.3 Å². The lowest BCUT2D eigenvalue weighted by molar-refractivity contribution is 0.177. The van der Waals surface area contributed by atoms with E-state index in [9.17, 15) is 0 Å². The highest BCUT2D eigenvalue weighted by Crippen LogP contribution is 2.23. The van der Waals surface area contributed by atoms with Gasteiger partial charge in [-0.1, -0.05) is 18.2 Å². The Bertz CT molecular complexity index is 842. The van der Waals surface area contributed by atoms with Crippen molar-refractivity contribution in [3.63, 3.8) is 0 Å². The topological polar surface area (TPSA) is 79.6 Å². The summed E-state index contributed by atoms with van der Waals surface area (Å²) in [5, 5.41) is 11.6. The van der Waals surface area contributed by atoms with Gasteiger partial charge in [0, 0.05) is 51.4 Å². The van der Waals surface area contributed by atoms with Gasteiger partial charge in [0.05, 0.1) is 6.54 Å². The predicted octanol–water partition coefficient (Wildman–Crippen LogP) is 2.44. The fourth-order valence-electron chi connectivity index (χ4n) is 4.26. The molecule has 0 amide bonds. The summed E-state index contributed by atoms with van der Waals surface area (Å²) in [7, 11) is 1.67. The molecule has 2 N–H and O–H groups in total. The van der Waals surface area contributed by atoms with Crippen LogP contribution in [0.5, 0.6) is 0 Å². The minimum atomic E-state index is 0. The summed E-state index contributed by atoms with van der Waals surface area (Å²) in [5.41, 5.74) is 1.31. The Morgan fingerprint density at radius 3 is 2.84 bits per heavy atom. The van der Waals surface area contributed by atoms with Crippen LogP contribution in [-0.4, -0.2) is 60.1 Å². The smallest absolute Gasteiger partial charge is 0.191 e. The average molecular weight is 539 g/mol. The highest BCUT2D eigenvalue weighted by molar-refractivity contribution is 14.0. The number of para-hydroxylation sites is 1. The molecule has 1 fully saturated rings. The van der Waals surface area contributed by atoms with Crippen molar-refractivity contribution in [1.29, 1.82) is 0 Å². The van der Waals surface area contributed by atoms with Crippen LogP contribution >= 0.6 is 24.0 Å². The standard InChI is InChI=1S/C22H33N7O.HI/c1-3-23-22(24-13-17-11-12-28(14-17)19-7-5-4-6-8-19)25-18-9-10-21-26-20(16-30-2)27-29(21)15-18;/h4-8,17-18H,3,9-16H2,1-2H3,(H2,23,24,25);1H. The molecule has 3 heterocycles. The number of methoxy groups -OCH3 is 1. The summed E-state index contributed by atoms with van der Waals surface area (Å²) in [5.74, 6) is 3.30. The van der Waals surface area contributed by atoms with Gasteiger partial charge in [-0.15, -0.1) is 24.0 Å². The number of guanidine groups is 1. The molecule has 0 radical (unpaired) electrons. The molecular weight excluding hydrogens is 505 g/mol. The van der Waals surface area contributed by atoms with Crippen molar-refractivity contribution >= 4 is 35.6 Å². The van der Waals surface area contributed by atoms with E-state index in [1.54, 1.807) is 7.11 Å². The van der Waals surface area contributed by atoms with Crippen LogP contribution in [0.3, 0.4) is 0 Å². The molecule has 0 bridgehead atoms. The Kier molecular flexibility index (Phi) is 8.94. The van der Waals surface area contributed by atoms with E-state index in [-0.39, 0.29) is 24.0 Å². The van der Waals surface area contributed by atoms with Gasteiger partial charge in [-0.25, -0.2) is 9.67 Å². The Morgan fingerprint density at radius 1 is 1.23 bits per heavy atom. The van der Waals surface area contributed by atoms with E-state index in [2.05, 4.69) is 62.9 Å². The van der Waals surface area contributed by atoms with Crippen molar-refractivity contribution in [1.82, 2.24) is 25.4 Å². The summed E-state index contributed by atoms with van der Waals surface area (Å²) in [4.78, 5) is 11.9. The Morgan fingerprint density at radius 2 is 2.06 bits per heavy atom. The van der Waals surface area contributed by atoms with Gasteiger partial charge in [-0.2, -0.15) is 5.10 Å². The fraction of sp³-hybridized carbons (Fsp3) is 0.591. The van der Waals surface area contributed by atoms with Crippen molar-refractivity contribution in [2.75, 3.05) is 38.2 Å². The van der Waals surface area contributed by atoms with E-state index >= 15 is 0 Å². The highest BCUT2D eigenvalue weighted by atomic mass is 127. The predicted molar refractivity (Wildman–Crippen MR) is 134 cm³/mol. The van der Waals surface area contributed by atoms with Crippen molar-refractivity contribution < 1.29 is 4.74 Å². The van der Waals surface area contributed by atoms with Gasteiger partial charge in [-0.05, 0) is 37.8 Å². The second-order valence-corrected chi connectivity index (χ2v) is 8.10. The van der Waals surface area contributed by atoms with E-state index in [0.29, 0.717) is 18.6 Å². The first-order valence-electron chi connectivity index (χ1n) is 11.0. The maximum absolute atomic E-state index is 5.16. The average Bonchev–Trinajstić information content (AvgIpc) is 3.39. The van der Waals surface area contributed by atoms with Gasteiger partial charge in [0.25, 0.3) is 0 Å². The summed E-state index contributed by atoms with van der Waals surface area (Å²) < 4.78 is 7.17. The van der Waals surface area contributed by atoms with Gasteiger partial charge >= 0.3 is 0 Å². The number of ether oxygens (including phenoxy) is 1. The number of hydrogen-bond acceptors (Lipinski definition) is 5. The van der Waals surface area contributed by atoms with Crippen molar-refractivity contribution in [3.8, 4) is 0 Å². The molecule has 1 aromatic carbocycles. The molecule has 1 aromatic heterocycles. The van der Waals surface area contributed by atoms with Gasteiger partial charge in [0.15, 0.2) is 11.8 Å². The van der Waals surface area contributed by atoms with E-state index < -0.39 is 0 Å². The van der Waals surface area contributed by atoms with Crippen LogP contribution in [0.2, 0.25) is 0 Å². The number of fused-ring (bicyclic) bond motifs is 1. The Labute approximate surface area is 201 Å². The molecule has 0 saturated carbocycles. The largest absolute Gasteiger partial charge is 0.377 e. The van der Waals surface area contributed by atoms with Crippen molar-refractivity contribution in [2.24, 2.45) is 10.9 Å². The second-order valence-electron chi connectivity index (χ2n) is 8.10. The van der Waals surface area contributed by atoms with E-state index in [1.165, 1.54) is 12.1 Å². The number of rotatable bonds is 7. The summed E-state index contributed by atoms with van der Waals surface area (Å²) in [6, 6.07) is 11.0. The number of aromatic nitrogens is 3. The number of hydrogen-bond donors (Lipinski definition) is 2. The van der Waals surface area contributed by atoms with Crippen LogP contribution < -0.4 is 15.5 Å². The highest BCUT2D eigenvalue weighted by Gasteiger charge is 2.24. The minimum Gasteiger partial charge on any atom is -0.377 e. The molecule has 0 spiro atoms.